The molecule has 2 aromatic carbocycles. The maximum absolute atomic E-state index is 6.00. The van der Waals surface area contributed by atoms with Crippen LogP contribution in [-0.4, -0.2) is 24.4 Å². The molecule has 0 amide bonds. The number of benzene rings is 2. The number of hydrogen-bond acceptors (Lipinski definition) is 3. The first-order valence-corrected chi connectivity index (χ1v) is 8.32. The Bertz CT molecular complexity index is 630. The van der Waals surface area contributed by atoms with Crippen LogP contribution in [0.15, 0.2) is 47.5 Å². The number of thioether (sulfide) groups is 1. The zero-order valence-corrected chi connectivity index (χ0v) is 12.8. The Balaban J connectivity index is 1.61. The minimum Gasteiger partial charge on any atom is -0.379 e. The van der Waals surface area contributed by atoms with Crippen LogP contribution in [0.1, 0.15) is 18.4 Å². The second-order valence-electron chi connectivity index (χ2n) is 5.24. The molecule has 1 saturated heterocycles. The fourth-order valence-electron chi connectivity index (χ4n) is 2.60. The summed E-state index contributed by atoms with van der Waals surface area (Å²) in [7, 11) is 0. The highest BCUT2D eigenvalue weighted by Crippen LogP contribution is 2.22. The van der Waals surface area contributed by atoms with E-state index in [2.05, 4.69) is 47.5 Å². The summed E-state index contributed by atoms with van der Waals surface area (Å²) in [6.07, 6.45) is 2.51. The van der Waals surface area contributed by atoms with Gasteiger partial charge in [0.05, 0.1) is 12.6 Å². The van der Waals surface area contributed by atoms with Gasteiger partial charge in [-0.1, -0.05) is 54.2 Å². The lowest BCUT2D eigenvalue weighted by atomic mass is 10.1. The predicted molar refractivity (Wildman–Crippen MR) is 90.7 cm³/mol. The Hall–Kier alpha value is -1.52. The van der Waals surface area contributed by atoms with Gasteiger partial charge in [-0.15, -0.1) is 0 Å². The second-order valence-corrected chi connectivity index (χ2v) is 6.24. The van der Waals surface area contributed by atoms with E-state index in [0.717, 1.165) is 25.2 Å². The van der Waals surface area contributed by atoms with E-state index in [0.29, 0.717) is 11.7 Å². The molecule has 1 heterocycles. The molecular formula is C17H20N2OS. The lowest BCUT2D eigenvalue weighted by molar-refractivity contribution is 0.118. The normalized spacial score (nSPS) is 19.2. The molecule has 2 N–H and O–H groups in total. The van der Waals surface area contributed by atoms with Crippen molar-refractivity contribution in [3.05, 3.63) is 48.0 Å². The summed E-state index contributed by atoms with van der Waals surface area (Å²) in [6, 6.07) is 14.8. The van der Waals surface area contributed by atoms with Crippen LogP contribution in [0.25, 0.3) is 10.8 Å². The van der Waals surface area contributed by atoms with Crippen LogP contribution in [0.3, 0.4) is 0 Å². The summed E-state index contributed by atoms with van der Waals surface area (Å²) >= 11 is 1.60. The molecule has 2 aromatic rings. The number of hydrogen-bond donors (Lipinski definition) is 1. The van der Waals surface area contributed by atoms with Crippen molar-refractivity contribution in [2.75, 3.05) is 13.2 Å². The van der Waals surface area contributed by atoms with Crippen LogP contribution in [0, 0.1) is 0 Å². The smallest absolute Gasteiger partial charge is 0.154 e. The predicted octanol–water partition coefficient (Wildman–Crippen LogP) is 3.57. The highest BCUT2D eigenvalue weighted by molar-refractivity contribution is 8.13. The van der Waals surface area contributed by atoms with Gasteiger partial charge >= 0.3 is 0 Å². The third-order valence-corrected chi connectivity index (χ3v) is 4.61. The van der Waals surface area contributed by atoms with Gasteiger partial charge in [0.15, 0.2) is 5.17 Å². The first-order valence-electron chi connectivity index (χ1n) is 7.34. The highest BCUT2D eigenvalue weighted by Gasteiger charge is 2.14. The van der Waals surface area contributed by atoms with E-state index in [1.54, 1.807) is 11.8 Å². The molecule has 3 rings (SSSR count). The molecule has 0 aromatic heterocycles. The van der Waals surface area contributed by atoms with E-state index in [-0.39, 0.29) is 6.10 Å². The highest BCUT2D eigenvalue weighted by atomic mass is 32.2. The van der Waals surface area contributed by atoms with Gasteiger partial charge in [0.2, 0.25) is 0 Å². The number of rotatable bonds is 4. The summed E-state index contributed by atoms with van der Waals surface area (Å²) < 4.78 is 5.55. The van der Waals surface area contributed by atoms with E-state index in [4.69, 9.17) is 10.5 Å². The molecule has 1 fully saturated rings. The Morgan fingerprint density at radius 3 is 2.95 bits per heavy atom. The Morgan fingerprint density at radius 2 is 2.10 bits per heavy atom. The van der Waals surface area contributed by atoms with Crippen molar-refractivity contribution in [2.24, 2.45) is 10.7 Å². The van der Waals surface area contributed by atoms with Crippen LogP contribution in [0.4, 0.5) is 0 Å². The summed E-state index contributed by atoms with van der Waals surface area (Å²) in [5.74, 6) is 0.849. The lowest BCUT2D eigenvalue weighted by Crippen LogP contribution is -2.14. The quantitative estimate of drug-likeness (QED) is 0.693. The SMILES string of the molecule is NC(=NC[C@@H]1CCCO1)SCc1cccc2ccccc12. The van der Waals surface area contributed by atoms with E-state index in [1.165, 1.54) is 16.3 Å². The minimum absolute atomic E-state index is 0.265. The van der Waals surface area contributed by atoms with Gasteiger partial charge in [-0.3, -0.25) is 4.99 Å². The third-order valence-electron chi connectivity index (χ3n) is 3.73. The van der Waals surface area contributed by atoms with E-state index in [1.807, 2.05) is 0 Å². The molecule has 0 aliphatic carbocycles. The molecule has 21 heavy (non-hydrogen) atoms. The number of nitrogens with two attached hydrogens (primary N) is 1. The van der Waals surface area contributed by atoms with Crippen LogP contribution >= 0.6 is 11.8 Å². The maximum Gasteiger partial charge on any atom is 0.154 e. The van der Waals surface area contributed by atoms with Gasteiger partial charge in [-0.25, -0.2) is 0 Å². The summed E-state index contributed by atoms with van der Waals surface area (Å²) in [5.41, 5.74) is 7.30. The Kier molecular flexibility index (Phi) is 4.78. The number of nitrogens with zero attached hydrogens (tertiary/aromatic N) is 1. The molecule has 1 atom stereocenters. The largest absolute Gasteiger partial charge is 0.379 e. The molecule has 1 aliphatic heterocycles. The molecule has 1 aliphatic rings. The van der Waals surface area contributed by atoms with Gasteiger partial charge in [0, 0.05) is 12.4 Å². The number of ether oxygens (including phenoxy) is 1. The molecule has 0 saturated carbocycles. The summed E-state index contributed by atoms with van der Waals surface area (Å²) in [4.78, 5) is 4.43. The lowest BCUT2D eigenvalue weighted by Gasteiger charge is -2.08. The van der Waals surface area contributed by atoms with Gasteiger partial charge < -0.3 is 10.5 Å². The molecule has 0 bridgehead atoms. The fourth-order valence-corrected chi connectivity index (χ4v) is 3.32. The average molecular weight is 300 g/mol. The number of fused-ring (bicyclic) bond motifs is 1. The maximum atomic E-state index is 6.00. The second kappa shape index (κ2) is 6.96. The van der Waals surface area contributed by atoms with Crippen LogP contribution in [-0.2, 0) is 10.5 Å². The Morgan fingerprint density at radius 1 is 1.24 bits per heavy atom. The first kappa shape index (κ1) is 14.4. The monoisotopic (exact) mass is 300 g/mol. The molecule has 0 spiro atoms. The van der Waals surface area contributed by atoms with Crippen molar-refractivity contribution in [1.29, 1.82) is 0 Å². The molecule has 0 radical (unpaired) electrons. The Labute approximate surface area is 129 Å². The molecule has 110 valence electrons. The summed E-state index contributed by atoms with van der Waals surface area (Å²) in [5, 5.41) is 3.21. The van der Waals surface area contributed by atoms with Crippen LogP contribution in [0.5, 0.6) is 0 Å². The van der Waals surface area contributed by atoms with Crippen molar-refractivity contribution in [2.45, 2.75) is 24.7 Å². The molecule has 0 unspecified atom stereocenters. The molecule has 3 nitrogen and oxygen atoms in total. The van der Waals surface area contributed by atoms with E-state index in [9.17, 15) is 0 Å². The average Bonchev–Trinajstić information content (AvgIpc) is 3.04. The van der Waals surface area contributed by atoms with Gasteiger partial charge in [-0.05, 0) is 29.2 Å². The minimum atomic E-state index is 0.265. The van der Waals surface area contributed by atoms with Gasteiger partial charge in [-0.2, -0.15) is 0 Å². The number of amidine groups is 1. The van der Waals surface area contributed by atoms with Gasteiger partial charge in [0.1, 0.15) is 0 Å². The van der Waals surface area contributed by atoms with E-state index >= 15 is 0 Å². The van der Waals surface area contributed by atoms with Crippen molar-refractivity contribution in [3.8, 4) is 0 Å². The van der Waals surface area contributed by atoms with Crippen molar-refractivity contribution in [3.63, 3.8) is 0 Å². The molecule has 4 heteroatoms. The van der Waals surface area contributed by atoms with Crippen LogP contribution < -0.4 is 5.73 Å². The first-order chi connectivity index (χ1) is 10.3. The van der Waals surface area contributed by atoms with Crippen molar-refractivity contribution in [1.82, 2.24) is 0 Å². The topological polar surface area (TPSA) is 47.6 Å². The zero-order chi connectivity index (χ0) is 14.5. The standard InChI is InChI=1S/C17H20N2OS/c18-17(19-11-15-8-4-10-20-15)21-12-14-7-3-6-13-5-1-2-9-16(13)14/h1-3,5-7,9,15H,4,8,10-12H2,(H2,18,19)/t15-/m0/s1. The summed E-state index contributed by atoms with van der Waals surface area (Å²) in [6.45, 7) is 1.55. The third kappa shape index (κ3) is 3.77. The van der Waals surface area contributed by atoms with Gasteiger partial charge in [0.25, 0.3) is 0 Å². The fraction of sp³-hybridized carbons (Fsp3) is 0.353. The zero-order valence-electron chi connectivity index (χ0n) is 12.0. The van der Waals surface area contributed by atoms with Crippen molar-refractivity contribution < 1.29 is 4.74 Å². The molecular weight excluding hydrogens is 280 g/mol. The number of aliphatic imine (C=N–C) groups is 1. The van der Waals surface area contributed by atoms with Crippen molar-refractivity contribution >= 4 is 27.7 Å². The van der Waals surface area contributed by atoms with E-state index < -0.39 is 0 Å². The van der Waals surface area contributed by atoms with Crippen LogP contribution in [0.2, 0.25) is 0 Å².